The minimum absolute atomic E-state index is 0.107. The molecule has 1 aliphatic heterocycles. The number of amides is 2. The molecule has 0 aliphatic carbocycles. The van der Waals surface area contributed by atoms with Crippen molar-refractivity contribution in [1.29, 1.82) is 0 Å². The molecule has 8 nitrogen and oxygen atoms in total. The van der Waals surface area contributed by atoms with Gasteiger partial charge in [-0.1, -0.05) is 41.4 Å². The number of halogens is 2. The molecule has 0 fully saturated rings. The number of carbonyl (C=O) groups excluding carboxylic acids is 1. The van der Waals surface area contributed by atoms with Gasteiger partial charge in [-0.05, 0) is 60.5 Å². The van der Waals surface area contributed by atoms with Crippen LogP contribution in [-0.2, 0) is 21.2 Å². The number of carboxylic acids is 1. The van der Waals surface area contributed by atoms with Crippen molar-refractivity contribution in [3.05, 3.63) is 82.3 Å². The Labute approximate surface area is 206 Å². The minimum atomic E-state index is -4.29. The normalized spacial score (nSPS) is 12.8. The van der Waals surface area contributed by atoms with Crippen LogP contribution < -0.4 is 14.5 Å². The molecule has 2 amide bonds. The SMILES string of the molecule is O=C(O)CN(c1ccc2c(c1)CCN2C(=O)Nc1ccccc1)S(=O)(=O)c1cc(Cl)cc(Cl)c1. The van der Waals surface area contributed by atoms with Crippen LogP contribution in [0.5, 0.6) is 0 Å². The van der Waals surface area contributed by atoms with Crippen molar-refractivity contribution < 1.29 is 23.1 Å². The van der Waals surface area contributed by atoms with Gasteiger partial charge in [-0.15, -0.1) is 0 Å². The average Bonchev–Trinajstić information content (AvgIpc) is 3.20. The van der Waals surface area contributed by atoms with Crippen molar-refractivity contribution in [3.8, 4) is 0 Å². The first kappa shape index (κ1) is 23.9. The molecule has 0 unspecified atom stereocenters. The molecule has 11 heteroatoms. The van der Waals surface area contributed by atoms with Gasteiger partial charge in [-0.2, -0.15) is 0 Å². The molecule has 1 heterocycles. The maximum atomic E-state index is 13.3. The molecule has 0 atom stereocenters. The van der Waals surface area contributed by atoms with Gasteiger partial charge in [-0.25, -0.2) is 13.2 Å². The first-order chi connectivity index (χ1) is 16.1. The smallest absolute Gasteiger partial charge is 0.326 e. The number of hydrogen-bond acceptors (Lipinski definition) is 4. The second-order valence-corrected chi connectivity index (χ2v) is 10.3. The predicted molar refractivity (Wildman–Crippen MR) is 132 cm³/mol. The fourth-order valence-electron chi connectivity index (χ4n) is 3.71. The van der Waals surface area contributed by atoms with E-state index in [2.05, 4.69) is 5.32 Å². The highest BCUT2D eigenvalue weighted by Gasteiger charge is 2.31. The van der Waals surface area contributed by atoms with E-state index in [4.69, 9.17) is 23.2 Å². The van der Waals surface area contributed by atoms with E-state index in [9.17, 15) is 23.1 Å². The highest BCUT2D eigenvalue weighted by Crippen LogP contribution is 2.35. The summed E-state index contributed by atoms with van der Waals surface area (Å²) in [5, 5.41) is 12.4. The zero-order valence-electron chi connectivity index (χ0n) is 17.6. The zero-order chi connectivity index (χ0) is 24.5. The highest BCUT2D eigenvalue weighted by molar-refractivity contribution is 7.92. The van der Waals surface area contributed by atoms with Crippen LogP contribution >= 0.6 is 23.2 Å². The van der Waals surface area contributed by atoms with E-state index in [1.165, 1.54) is 24.3 Å². The number of carboxylic acid groups (broad SMARTS) is 1. The number of nitrogens with zero attached hydrogens (tertiary/aromatic N) is 2. The first-order valence-corrected chi connectivity index (χ1v) is 12.3. The Balaban J connectivity index is 1.66. The number of nitrogens with one attached hydrogen (secondary N) is 1. The van der Waals surface area contributed by atoms with E-state index in [0.29, 0.717) is 24.3 Å². The van der Waals surface area contributed by atoms with Gasteiger partial charge in [0.15, 0.2) is 0 Å². The number of anilines is 3. The van der Waals surface area contributed by atoms with Gasteiger partial charge >= 0.3 is 12.0 Å². The molecule has 4 rings (SSSR count). The zero-order valence-corrected chi connectivity index (χ0v) is 19.9. The summed E-state index contributed by atoms with van der Waals surface area (Å²) >= 11 is 11.9. The van der Waals surface area contributed by atoms with Crippen LogP contribution in [0.4, 0.5) is 21.9 Å². The summed E-state index contributed by atoms with van der Waals surface area (Å²) < 4.78 is 27.4. The summed E-state index contributed by atoms with van der Waals surface area (Å²) in [7, 11) is -4.29. The lowest BCUT2D eigenvalue weighted by molar-refractivity contribution is -0.135. The number of hydrogen-bond donors (Lipinski definition) is 2. The van der Waals surface area contributed by atoms with Crippen molar-refractivity contribution in [2.45, 2.75) is 11.3 Å². The number of sulfonamides is 1. The maximum absolute atomic E-state index is 13.3. The second-order valence-electron chi connectivity index (χ2n) is 7.52. The largest absolute Gasteiger partial charge is 0.480 e. The lowest BCUT2D eigenvalue weighted by atomic mass is 10.1. The molecule has 0 saturated heterocycles. The molecule has 34 heavy (non-hydrogen) atoms. The summed E-state index contributed by atoms with van der Waals surface area (Å²) in [6, 6.07) is 17.2. The standard InChI is InChI=1S/C23H19Cl2N3O5S/c24-16-11-17(25)13-20(12-16)34(32,33)28(14-22(29)30)19-6-7-21-15(10-19)8-9-27(21)23(31)26-18-4-2-1-3-5-18/h1-7,10-13H,8-9,14H2,(H,26,31)(H,29,30). The molecule has 0 aromatic heterocycles. The Bertz CT molecular complexity index is 1350. The Kier molecular flexibility index (Phi) is 6.70. The summed E-state index contributed by atoms with van der Waals surface area (Å²) in [5.74, 6) is -1.33. The van der Waals surface area contributed by atoms with Crippen LogP contribution in [0.15, 0.2) is 71.6 Å². The highest BCUT2D eigenvalue weighted by atomic mass is 35.5. The Morgan fingerprint density at radius 1 is 1.00 bits per heavy atom. The van der Waals surface area contributed by atoms with Gasteiger partial charge in [0.25, 0.3) is 10.0 Å². The third kappa shape index (κ3) is 4.96. The van der Waals surface area contributed by atoms with Crippen molar-refractivity contribution in [1.82, 2.24) is 0 Å². The number of fused-ring (bicyclic) bond motifs is 1. The summed E-state index contributed by atoms with van der Waals surface area (Å²) in [6.07, 6.45) is 0.481. The molecule has 0 saturated carbocycles. The lowest BCUT2D eigenvalue weighted by Gasteiger charge is -2.24. The molecule has 3 aromatic carbocycles. The quantitative estimate of drug-likeness (QED) is 0.483. The fourth-order valence-corrected chi connectivity index (χ4v) is 5.84. The Morgan fingerprint density at radius 2 is 1.68 bits per heavy atom. The topological polar surface area (TPSA) is 107 Å². The van der Waals surface area contributed by atoms with Crippen LogP contribution in [0.25, 0.3) is 0 Å². The van der Waals surface area contributed by atoms with E-state index in [1.807, 2.05) is 18.2 Å². The molecule has 0 radical (unpaired) electrons. The lowest BCUT2D eigenvalue weighted by Crippen LogP contribution is -2.36. The number of para-hydroxylation sites is 1. The van der Waals surface area contributed by atoms with E-state index in [-0.39, 0.29) is 26.7 Å². The van der Waals surface area contributed by atoms with Crippen molar-refractivity contribution in [2.75, 3.05) is 27.6 Å². The van der Waals surface area contributed by atoms with E-state index >= 15 is 0 Å². The van der Waals surface area contributed by atoms with Crippen LogP contribution in [0, 0.1) is 0 Å². The van der Waals surface area contributed by atoms with Crippen LogP contribution in [0.2, 0.25) is 10.0 Å². The van der Waals surface area contributed by atoms with Crippen molar-refractivity contribution in [3.63, 3.8) is 0 Å². The molecule has 1 aliphatic rings. The Morgan fingerprint density at radius 3 is 2.32 bits per heavy atom. The number of urea groups is 1. The summed E-state index contributed by atoms with van der Waals surface area (Å²) in [6.45, 7) is -0.406. The van der Waals surface area contributed by atoms with Gasteiger partial charge < -0.3 is 10.4 Å². The van der Waals surface area contributed by atoms with E-state index < -0.39 is 22.5 Å². The number of rotatable bonds is 6. The van der Waals surface area contributed by atoms with Crippen LogP contribution in [0.3, 0.4) is 0 Å². The molecule has 0 spiro atoms. The second kappa shape index (κ2) is 9.54. The van der Waals surface area contributed by atoms with Gasteiger partial charge in [0.2, 0.25) is 0 Å². The van der Waals surface area contributed by atoms with E-state index in [1.54, 1.807) is 29.2 Å². The van der Waals surface area contributed by atoms with E-state index in [0.717, 1.165) is 9.87 Å². The van der Waals surface area contributed by atoms with Gasteiger partial charge in [0.05, 0.1) is 10.6 Å². The Hall–Kier alpha value is -3.27. The average molecular weight is 520 g/mol. The minimum Gasteiger partial charge on any atom is -0.480 e. The third-order valence-corrected chi connectivity index (χ3v) is 7.41. The van der Waals surface area contributed by atoms with Crippen LogP contribution in [-0.4, -0.2) is 38.6 Å². The first-order valence-electron chi connectivity index (χ1n) is 10.1. The molecular weight excluding hydrogens is 501 g/mol. The number of benzene rings is 3. The van der Waals surface area contributed by atoms with Crippen LogP contribution in [0.1, 0.15) is 5.56 Å². The van der Waals surface area contributed by atoms with Gasteiger partial charge in [0.1, 0.15) is 6.54 Å². The monoisotopic (exact) mass is 519 g/mol. The van der Waals surface area contributed by atoms with Gasteiger partial charge in [-0.3, -0.25) is 14.0 Å². The molecule has 176 valence electrons. The summed E-state index contributed by atoms with van der Waals surface area (Å²) in [4.78, 5) is 25.6. The molecule has 3 aromatic rings. The molecule has 0 bridgehead atoms. The fraction of sp³-hybridized carbons (Fsp3) is 0.130. The van der Waals surface area contributed by atoms with Gasteiger partial charge in [0, 0.05) is 28.0 Å². The number of carbonyl (C=O) groups is 2. The van der Waals surface area contributed by atoms with Crippen molar-refractivity contribution in [2.24, 2.45) is 0 Å². The maximum Gasteiger partial charge on any atom is 0.326 e. The molecular formula is C23H19Cl2N3O5S. The third-order valence-electron chi connectivity index (χ3n) is 5.22. The number of aliphatic carboxylic acids is 1. The van der Waals surface area contributed by atoms with Crippen molar-refractivity contribution >= 4 is 62.3 Å². The summed E-state index contributed by atoms with van der Waals surface area (Å²) in [5.41, 5.74) is 2.14. The predicted octanol–water partition coefficient (Wildman–Crippen LogP) is 4.87. The molecule has 2 N–H and O–H groups in total.